The lowest BCUT2D eigenvalue weighted by atomic mass is 10.1. The van der Waals surface area contributed by atoms with E-state index in [0.717, 1.165) is 0 Å². The molecule has 1 heterocycles. The van der Waals surface area contributed by atoms with Crippen molar-refractivity contribution in [3.05, 3.63) is 30.1 Å². The van der Waals surface area contributed by atoms with Crippen LogP contribution >= 0.6 is 0 Å². The number of aliphatic carboxylic acids is 1. The minimum atomic E-state index is -1.08. The summed E-state index contributed by atoms with van der Waals surface area (Å²) in [5.41, 5.74) is 5.98. The highest BCUT2D eigenvalue weighted by molar-refractivity contribution is 5.81. The molecule has 0 bridgehead atoms. The Hall–Kier alpha value is -1.75. The van der Waals surface area contributed by atoms with Gasteiger partial charge >= 0.3 is 5.97 Å². The Bertz CT molecular complexity index is 365. The molecule has 0 amide bonds. The smallest absolute Gasteiger partial charge is 0.320 e. The summed E-state index contributed by atoms with van der Waals surface area (Å²) in [4.78, 5) is 25.9. The number of carboxylic acids is 1. The summed E-state index contributed by atoms with van der Waals surface area (Å²) in [5, 5.41) is 8.54. The van der Waals surface area contributed by atoms with Gasteiger partial charge in [-0.1, -0.05) is 6.07 Å². The molecule has 0 saturated heterocycles. The molecule has 3 N–H and O–H groups in total. The molecule has 1 aromatic rings. The van der Waals surface area contributed by atoms with E-state index in [1.165, 1.54) is 0 Å². The SMILES string of the molecule is N[C@@H](CCC(=O)Cc1ccccn1)C(=O)O. The third kappa shape index (κ3) is 4.18. The molecular weight excluding hydrogens is 208 g/mol. The highest BCUT2D eigenvalue weighted by Gasteiger charge is 2.13. The van der Waals surface area contributed by atoms with Crippen LogP contribution in [0.2, 0.25) is 0 Å². The van der Waals surface area contributed by atoms with Crippen molar-refractivity contribution < 1.29 is 14.7 Å². The highest BCUT2D eigenvalue weighted by Crippen LogP contribution is 2.02. The Kier molecular flexibility index (Phi) is 4.60. The van der Waals surface area contributed by atoms with Gasteiger partial charge in [-0.05, 0) is 18.6 Å². The Morgan fingerprint density at radius 3 is 2.75 bits per heavy atom. The third-order valence-corrected chi connectivity index (χ3v) is 2.16. The maximum Gasteiger partial charge on any atom is 0.320 e. The van der Waals surface area contributed by atoms with E-state index in [0.29, 0.717) is 5.69 Å². The second kappa shape index (κ2) is 5.97. The van der Waals surface area contributed by atoms with Gasteiger partial charge in [0.05, 0.1) is 0 Å². The summed E-state index contributed by atoms with van der Waals surface area (Å²) in [6.07, 6.45) is 2.18. The number of hydrogen-bond acceptors (Lipinski definition) is 4. The zero-order valence-corrected chi connectivity index (χ0v) is 8.80. The summed E-state index contributed by atoms with van der Waals surface area (Å²) in [6.45, 7) is 0. The minimum absolute atomic E-state index is 0.0459. The lowest BCUT2D eigenvalue weighted by Crippen LogP contribution is -2.30. The third-order valence-electron chi connectivity index (χ3n) is 2.16. The van der Waals surface area contributed by atoms with Crippen molar-refractivity contribution in [3.8, 4) is 0 Å². The molecule has 1 rings (SSSR count). The van der Waals surface area contributed by atoms with Crippen LogP contribution in [0.3, 0.4) is 0 Å². The largest absolute Gasteiger partial charge is 0.480 e. The maximum atomic E-state index is 11.5. The average Bonchev–Trinajstić information content (AvgIpc) is 2.27. The molecule has 0 spiro atoms. The fourth-order valence-electron chi connectivity index (χ4n) is 1.23. The number of carbonyl (C=O) groups is 2. The number of pyridine rings is 1. The monoisotopic (exact) mass is 222 g/mol. The van der Waals surface area contributed by atoms with E-state index in [4.69, 9.17) is 10.8 Å². The molecule has 0 radical (unpaired) electrons. The number of nitrogens with zero attached hydrogens (tertiary/aromatic N) is 1. The van der Waals surface area contributed by atoms with Crippen LogP contribution in [-0.2, 0) is 16.0 Å². The molecule has 1 atom stereocenters. The number of rotatable bonds is 6. The highest BCUT2D eigenvalue weighted by atomic mass is 16.4. The second-order valence-corrected chi connectivity index (χ2v) is 3.52. The van der Waals surface area contributed by atoms with Crippen molar-refractivity contribution in [2.45, 2.75) is 25.3 Å². The quantitative estimate of drug-likeness (QED) is 0.726. The van der Waals surface area contributed by atoms with E-state index in [1.54, 1.807) is 24.4 Å². The van der Waals surface area contributed by atoms with Gasteiger partial charge in [0.15, 0.2) is 0 Å². The summed E-state index contributed by atoms with van der Waals surface area (Å²) in [7, 11) is 0. The van der Waals surface area contributed by atoms with Crippen molar-refractivity contribution in [1.29, 1.82) is 0 Å². The number of ketones is 1. The molecule has 5 nitrogen and oxygen atoms in total. The first-order valence-corrected chi connectivity index (χ1v) is 4.99. The van der Waals surface area contributed by atoms with Crippen molar-refractivity contribution in [2.24, 2.45) is 5.73 Å². The fraction of sp³-hybridized carbons (Fsp3) is 0.364. The predicted octanol–water partition coefficient (Wildman–Crippen LogP) is 0.385. The van der Waals surface area contributed by atoms with E-state index in [1.807, 2.05) is 0 Å². The zero-order chi connectivity index (χ0) is 12.0. The van der Waals surface area contributed by atoms with Gasteiger partial charge in [0, 0.05) is 24.7 Å². The van der Waals surface area contributed by atoms with Gasteiger partial charge in [0.1, 0.15) is 11.8 Å². The molecule has 0 unspecified atom stereocenters. The van der Waals surface area contributed by atoms with Crippen LogP contribution in [0.5, 0.6) is 0 Å². The van der Waals surface area contributed by atoms with Crippen LogP contribution in [0.15, 0.2) is 24.4 Å². The van der Waals surface area contributed by atoms with E-state index < -0.39 is 12.0 Å². The van der Waals surface area contributed by atoms with Crippen molar-refractivity contribution in [3.63, 3.8) is 0 Å². The first-order chi connectivity index (χ1) is 7.59. The number of carbonyl (C=O) groups excluding carboxylic acids is 1. The number of aromatic nitrogens is 1. The molecule has 86 valence electrons. The van der Waals surface area contributed by atoms with Crippen LogP contribution in [0, 0.1) is 0 Å². The van der Waals surface area contributed by atoms with Gasteiger partial charge in [-0.15, -0.1) is 0 Å². The Labute approximate surface area is 93.3 Å². The minimum Gasteiger partial charge on any atom is -0.480 e. The van der Waals surface area contributed by atoms with Gasteiger partial charge in [-0.3, -0.25) is 14.6 Å². The van der Waals surface area contributed by atoms with Crippen LogP contribution in [0.25, 0.3) is 0 Å². The lowest BCUT2D eigenvalue weighted by molar-refractivity contribution is -0.138. The summed E-state index contributed by atoms with van der Waals surface area (Å²) < 4.78 is 0. The number of nitrogens with two attached hydrogens (primary N) is 1. The Balaban J connectivity index is 2.35. The molecule has 0 fully saturated rings. The molecule has 5 heteroatoms. The van der Waals surface area contributed by atoms with E-state index >= 15 is 0 Å². The Morgan fingerprint density at radius 1 is 1.44 bits per heavy atom. The van der Waals surface area contributed by atoms with Gasteiger partial charge < -0.3 is 10.8 Å². The summed E-state index contributed by atoms with van der Waals surface area (Å²) in [6, 6.07) is 4.37. The van der Waals surface area contributed by atoms with Crippen molar-refractivity contribution >= 4 is 11.8 Å². The summed E-state index contributed by atoms with van der Waals surface area (Å²) >= 11 is 0. The maximum absolute atomic E-state index is 11.5. The lowest BCUT2D eigenvalue weighted by Gasteiger charge is -2.04. The van der Waals surface area contributed by atoms with Gasteiger partial charge in [0.25, 0.3) is 0 Å². The molecule has 0 aliphatic carbocycles. The van der Waals surface area contributed by atoms with Crippen LogP contribution in [0.4, 0.5) is 0 Å². The van der Waals surface area contributed by atoms with Crippen LogP contribution in [-0.4, -0.2) is 27.9 Å². The molecule has 0 saturated carbocycles. The molecule has 0 aliphatic heterocycles. The topological polar surface area (TPSA) is 93.3 Å². The molecule has 1 aromatic heterocycles. The summed E-state index contributed by atoms with van der Waals surface area (Å²) in [5.74, 6) is -1.12. The second-order valence-electron chi connectivity index (χ2n) is 3.52. The predicted molar refractivity (Wildman–Crippen MR) is 57.8 cm³/mol. The first kappa shape index (κ1) is 12.3. The fourth-order valence-corrected chi connectivity index (χ4v) is 1.23. The number of hydrogen-bond donors (Lipinski definition) is 2. The first-order valence-electron chi connectivity index (χ1n) is 4.99. The number of Topliss-reactive ketones (excluding diaryl/α,β-unsaturated/α-hetero) is 1. The van der Waals surface area contributed by atoms with Crippen molar-refractivity contribution in [1.82, 2.24) is 4.98 Å². The molecular formula is C11H14N2O3. The van der Waals surface area contributed by atoms with Gasteiger partial charge in [-0.25, -0.2) is 0 Å². The molecule has 0 aromatic carbocycles. The normalized spacial score (nSPS) is 12.1. The van der Waals surface area contributed by atoms with E-state index in [2.05, 4.69) is 4.98 Å². The van der Waals surface area contributed by atoms with E-state index in [9.17, 15) is 9.59 Å². The number of carboxylic acid groups (broad SMARTS) is 1. The standard InChI is InChI=1S/C11H14N2O3/c12-10(11(15)16)5-4-9(14)7-8-3-1-2-6-13-8/h1-3,6,10H,4-5,7,12H2,(H,15,16)/t10-/m0/s1. The zero-order valence-electron chi connectivity index (χ0n) is 8.80. The van der Waals surface area contributed by atoms with Crippen LogP contribution < -0.4 is 5.73 Å². The Morgan fingerprint density at radius 2 is 2.19 bits per heavy atom. The van der Waals surface area contributed by atoms with E-state index in [-0.39, 0.29) is 25.0 Å². The van der Waals surface area contributed by atoms with Crippen molar-refractivity contribution in [2.75, 3.05) is 0 Å². The molecule has 0 aliphatic rings. The van der Waals surface area contributed by atoms with Crippen LogP contribution in [0.1, 0.15) is 18.5 Å². The molecule has 16 heavy (non-hydrogen) atoms. The average molecular weight is 222 g/mol. The van der Waals surface area contributed by atoms with Gasteiger partial charge in [0.2, 0.25) is 0 Å². The van der Waals surface area contributed by atoms with Gasteiger partial charge in [-0.2, -0.15) is 0 Å².